The summed E-state index contributed by atoms with van der Waals surface area (Å²) < 4.78 is 27.8. The maximum absolute atomic E-state index is 11.7. The van der Waals surface area contributed by atoms with E-state index in [4.69, 9.17) is 10.5 Å². The molecular formula is C12H18N2O4S. The topological polar surface area (TPSA) is 99.4 Å². The second kappa shape index (κ2) is 6.51. The molecule has 1 heterocycles. The Morgan fingerprint density at radius 3 is 2.74 bits per heavy atom. The smallest absolute Gasteiger partial charge is 0.340 e. The third-order valence-corrected chi connectivity index (χ3v) is 4.29. The van der Waals surface area contributed by atoms with Crippen molar-refractivity contribution in [1.29, 1.82) is 0 Å². The number of anilines is 1. The van der Waals surface area contributed by atoms with Gasteiger partial charge in [-0.25, -0.2) is 13.2 Å². The molecule has 0 unspecified atom stereocenters. The van der Waals surface area contributed by atoms with E-state index in [-0.39, 0.29) is 23.7 Å². The first-order valence-corrected chi connectivity index (χ1v) is 7.77. The molecule has 0 aliphatic heterocycles. The number of ether oxygens (including phenoxy) is 1. The fourth-order valence-electron chi connectivity index (χ4n) is 1.51. The van der Waals surface area contributed by atoms with E-state index in [0.29, 0.717) is 17.8 Å². The summed E-state index contributed by atoms with van der Waals surface area (Å²) in [4.78, 5) is 15.7. The van der Waals surface area contributed by atoms with E-state index in [1.807, 2.05) is 0 Å². The first kappa shape index (κ1) is 15.4. The highest BCUT2D eigenvalue weighted by Crippen LogP contribution is 2.11. The van der Waals surface area contributed by atoms with Crippen molar-refractivity contribution in [1.82, 2.24) is 4.98 Å². The Kier molecular flexibility index (Phi) is 5.29. The van der Waals surface area contributed by atoms with Crippen molar-refractivity contribution in [3.63, 3.8) is 0 Å². The lowest BCUT2D eigenvalue weighted by Gasteiger charge is -2.07. The molecule has 0 aliphatic carbocycles. The molecule has 0 atom stereocenters. The highest BCUT2D eigenvalue weighted by Gasteiger charge is 2.14. The molecule has 0 bridgehead atoms. The van der Waals surface area contributed by atoms with E-state index in [1.54, 1.807) is 13.8 Å². The lowest BCUT2D eigenvalue weighted by molar-refractivity contribution is 0.0528. The van der Waals surface area contributed by atoms with Crippen LogP contribution in [-0.2, 0) is 14.6 Å². The molecule has 1 rings (SSSR count). The van der Waals surface area contributed by atoms with E-state index in [2.05, 4.69) is 4.98 Å². The van der Waals surface area contributed by atoms with Gasteiger partial charge in [-0.1, -0.05) is 6.92 Å². The Balaban J connectivity index is 2.59. The van der Waals surface area contributed by atoms with Crippen molar-refractivity contribution in [2.75, 3.05) is 23.8 Å². The Labute approximate surface area is 112 Å². The molecule has 0 amide bonds. The molecule has 1 aromatic heterocycles. The number of nitrogen functional groups attached to an aromatic ring is 1. The second-order valence-electron chi connectivity index (χ2n) is 4.19. The van der Waals surface area contributed by atoms with Crippen LogP contribution < -0.4 is 5.73 Å². The zero-order valence-electron chi connectivity index (χ0n) is 11.0. The highest BCUT2D eigenvalue weighted by molar-refractivity contribution is 7.91. The van der Waals surface area contributed by atoms with Crippen LogP contribution in [0.4, 0.5) is 5.69 Å². The molecule has 0 aromatic carbocycles. The molecule has 0 radical (unpaired) electrons. The molecule has 0 spiro atoms. The van der Waals surface area contributed by atoms with Gasteiger partial charge in [0.05, 0.1) is 34.6 Å². The minimum Gasteiger partial charge on any atom is -0.461 e. The van der Waals surface area contributed by atoms with Crippen LogP contribution in [0.5, 0.6) is 0 Å². The van der Waals surface area contributed by atoms with Gasteiger partial charge < -0.3 is 10.5 Å². The van der Waals surface area contributed by atoms with Gasteiger partial charge in [-0.3, -0.25) is 4.98 Å². The van der Waals surface area contributed by atoms with Gasteiger partial charge in [0.15, 0.2) is 9.84 Å². The van der Waals surface area contributed by atoms with Gasteiger partial charge in [0.1, 0.15) is 6.61 Å². The van der Waals surface area contributed by atoms with Gasteiger partial charge in [0, 0.05) is 0 Å². The maximum Gasteiger partial charge on any atom is 0.340 e. The number of aryl methyl sites for hydroxylation is 1. The zero-order valence-corrected chi connectivity index (χ0v) is 11.9. The van der Waals surface area contributed by atoms with Crippen molar-refractivity contribution >= 4 is 21.5 Å². The first-order chi connectivity index (χ1) is 8.85. The molecule has 7 heteroatoms. The number of carbonyl (C=O) groups is 1. The van der Waals surface area contributed by atoms with Crippen molar-refractivity contribution in [2.24, 2.45) is 0 Å². The summed E-state index contributed by atoms with van der Waals surface area (Å²) in [5.41, 5.74) is 6.65. The van der Waals surface area contributed by atoms with E-state index in [9.17, 15) is 13.2 Å². The third kappa shape index (κ3) is 4.86. The zero-order chi connectivity index (χ0) is 14.5. The molecule has 2 N–H and O–H groups in total. The summed E-state index contributed by atoms with van der Waals surface area (Å²) in [6.07, 6.45) is 1.99. The number of nitrogens with zero attached hydrogens (tertiary/aromatic N) is 1. The molecule has 1 aromatic rings. The van der Waals surface area contributed by atoms with E-state index < -0.39 is 15.8 Å². The Hall–Kier alpha value is -1.63. The fraction of sp³-hybridized carbons (Fsp3) is 0.500. The molecule has 106 valence electrons. The molecule has 19 heavy (non-hydrogen) atoms. The summed E-state index contributed by atoms with van der Waals surface area (Å²) in [7, 11) is -3.15. The average Bonchev–Trinajstić information content (AvgIpc) is 2.31. The van der Waals surface area contributed by atoms with Crippen molar-refractivity contribution in [3.05, 3.63) is 23.5 Å². The monoisotopic (exact) mass is 286 g/mol. The van der Waals surface area contributed by atoms with Crippen LogP contribution in [0, 0.1) is 6.92 Å². The van der Waals surface area contributed by atoms with Gasteiger partial charge >= 0.3 is 5.97 Å². The number of sulfone groups is 1. The molecule has 0 fully saturated rings. The number of aromatic nitrogens is 1. The second-order valence-corrected chi connectivity index (χ2v) is 6.49. The Morgan fingerprint density at radius 1 is 1.42 bits per heavy atom. The standard InChI is InChI=1S/C12H18N2O4S/c1-3-5-19(16,17)6-4-18-12(15)11-7-10(13)8-14-9(11)2/h7-8H,3-6,13H2,1-2H3. The van der Waals surface area contributed by atoms with Crippen LogP contribution >= 0.6 is 0 Å². The lowest BCUT2D eigenvalue weighted by Crippen LogP contribution is -2.18. The van der Waals surface area contributed by atoms with Crippen LogP contribution in [0.2, 0.25) is 0 Å². The lowest BCUT2D eigenvalue weighted by atomic mass is 10.2. The van der Waals surface area contributed by atoms with Gasteiger partial charge in [0.25, 0.3) is 0 Å². The predicted molar refractivity (Wildman–Crippen MR) is 72.6 cm³/mol. The highest BCUT2D eigenvalue weighted by atomic mass is 32.2. The number of rotatable bonds is 6. The largest absolute Gasteiger partial charge is 0.461 e. The van der Waals surface area contributed by atoms with E-state index >= 15 is 0 Å². The van der Waals surface area contributed by atoms with Gasteiger partial charge in [-0.05, 0) is 19.4 Å². The summed E-state index contributed by atoms with van der Waals surface area (Å²) >= 11 is 0. The summed E-state index contributed by atoms with van der Waals surface area (Å²) in [6.45, 7) is 3.28. The number of pyridine rings is 1. The van der Waals surface area contributed by atoms with E-state index in [1.165, 1.54) is 12.3 Å². The summed E-state index contributed by atoms with van der Waals surface area (Å²) in [5.74, 6) is -0.672. The van der Waals surface area contributed by atoms with Gasteiger partial charge in [0.2, 0.25) is 0 Å². The Morgan fingerprint density at radius 2 is 2.11 bits per heavy atom. The third-order valence-electron chi connectivity index (χ3n) is 2.47. The number of carbonyl (C=O) groups excluding carboxylic acids is 1. The molecule has 0 aliphatic rings. The minimum atomic E-state index is -3.15. The van der Waals surface area contributed by atoms with Crippen molar-refractivity contribution in [3.8, 4) is 0 Å². The van der Waals surface area contributed by atoms with Crippen LogP contribution in [0.1, 0.15) is 29.4 Å². The number of esters is 1. The maximum atomic E-state index is 11.7. The van der Waals surface area contributed by atoms with Gasteiger partial charge in [-0.15, -0.1) is 0 Å². The van der Waals surface area contributed by atoms with Gasteiger partial charge in [-0.2, -0.15) is 0 Å². The molecule has 6 nitrogen and oxygen atoms in total. The molecule has 0 saturated carbocycles. The van der Waals surface area contributed by atoms with Crippen molar-refractivity contribution in [2.45, 2.75) is 20.3 Å². The first-order valence-electron chi connectivity index (χ1n) is 5.95. The fourth-order valence-corrected chi connectivity index (χ4v) is 2.67. The van der Waals surface area contributed by atoms with Crippen LogP contribution in [0.25, 0.3) is 0 Å². The molecule has 0 saturated heterocycles. The average molecular weight is 286 g/mol. The number of hydrogen-bond donors (Lipinski definition) is 1. The van der Waals surface area contributed by atoms with Crippen LogP contribution in [-0.4, -0.2) is 37.5 Å². The van der Waals surface area contributed by atoms with Crippen LogP contribution in [0.15, 0.2) is 12.3 Å². The van der Waals surface area contributed by atoms with E-state index in [0.717, 1.165) is 0 Å². The summed E-state index contributed by atoms with van der Waals surface area (Å²) in [6, 6.07) is 1.46. The van der Waals surface area contributed by atoms with Crippen LogP contribution in [0.3, 0.4) is 0 Å². The quantitative estimate of drug-likeness (QED) is 0.782. The Bertz CT molecular complexity index is 555. The predicted octanol–water partition coefficient (Wildman–Crippen LogP) is 0.954. The minimum absolute atomic E-state index is 0.101. The van der Waals surface area contributed by atoms with Crippen molar-refractivity contribution < 1.29 is 17.9 Å². The SMILES string of the molecule is CCCS(=O)(=O)CCOC(=O)c1cc(N)cnc1C. The molecular weight excluding hydrogens is 268 g/mol. The normalized spacial score (nSPS) is 11.3. The summed E-state index contributed by atoms with van der Waals surface area (Å²) in [5, 5.41) is 0. The number of nitrogens with two attached hydrogens (primary N) is 1. The number of hydrogen-bond acceptors (Lipinski definition) is 6.